The summed E-state index contributed by atoms with van der Waals surface area (Å²) in [6.45, 7) is 0. The van der Waals surface area contributed by atoms with Crippen LogP contribution in [0.1, 0.15) is 0 Å². The van der Waals surface area contributed by atoms with E-state index in [1.165, 1.54) is 85.8 Å². The summed E-state index contributed by atoms with van der Waals surface area (Å²) in [5.74, 6) is 0. The van der Waals surface area contributed by atoms with Gasteiger partial charge >= 0.3 is 0 Å². The zero-order valence-electron chi connectivity index (χ0n) is 32.1. The molecule has 0 saturated carbocycles. The van der Waals surface area contributed by atoms with E-state index in [1.807, 2.05) is 11.3 Å². The summed E-state index contributed by atoms with van der Waals surface area (Å²) >= 11 is 1.88. The summed E-state index contributed by atoms with van der Waals surface area (Å²) in [5.41, 5.74) is 11.8. The van der Waals surface area contributed by atoms with Crippen LogP contribution in [0.3, 0.4) is 0 Å². The van der Waals surface area contributed by atoms with E-state index in [-0.39, 0.29) is 0 Å². The molecule has 0 saturated heterocycles. The van der Waals surface area contributed by atoms with E-state index in [2.05, 4.69) is 228 Å². The maximum absolute atomic E-state index is 2.44. The highest BCUT2D eigenvalue weighted by Crippen LogP contribution is 2.44. The van der Waals surface area contributed by atoms with Crippen LogP contribution in [0.2, 0.25) is 0 Å². The molecule has 0 atom stereocenters. The van der Waals surface area contributed by atoms with E-state index in [0.717, 1.165) is 22.7 Å². The van der Waals surface area contributed by atoms with Crippen LogP contribution in [0.5, 0.6) is 0 Å². The van der Waals surface area contributed by atoms with E-state index in [0.29, 0.717) is 0 Å². The molecule has 0 aliphatic carbocycles. The number of hydrogen-bond donors (Lipinski definition) is 0. The lowest BCUT2D eigenvalue weighted by atomic mass is 10.0. The van der Waals surface area contributed by atoms with Gasteiger partial charge in [-0.3, -0.25) is 0 Å². The minimum absolute atomic E-state index is 1.11. The molecular weight excluding hydrogens is 733 g/mol. The first-order valence-corrected chi connectivity index (χ1v) is 21.0. The fourth-order valence-corrected chi connectivity index (χ4v) is 10.4. The van der Waals surface area contributed by atoms with Crippen LogP contribution in [-0.4, -0.2) is 4.57 Å². The Morgan fingerprint density at radius 1 is 0.373 bits per heavy atom. The Morgan fingerprint density at radius 3 is 1.76 bits per heavy atom. The lowest BCUT2D eigenvalue weighted by molar-refractivity contribution is 1.19. The molecule has 0 amide bonds. The number of rotatable bonds is 6. The van der Waals surface area contributed by atoms with Crippen molar-refractivity contribution >= 4 is 91.9 Å². The molecule has 2 aromatic heterocycles. The maximum Gasteiger partial charge on any atom is 0.0619 e. The van der Waals surface area contributed by atoms with Gasteiger partial charge in [-0.1, -0.05) is 164 Å². The third kappa shape index (κ3) is 5.47. The first-order valence-electron chi connectivity index (χ1n) is 20.2. The van der Waals surface area contributed by atoms with Gasteiger partial charge in [0, 0.05) is 58.8 Å². The van der Waals surface area contributed by atoms with Gasteiger partial charge in [-0.2, -0.15) is 0 Å². The Labute approximate surface area is 346 Å². The van der Waals surface area contributed by atoms with Crippen LogP contribution in [0.15, 0.2) is 218 Å². The van der Waals surface area contributed by atoms with Gasteiger partial charge < -0.3 is 9.47 Å². The predicted octanol–water partition coefficient (Wildman–Crippen LogP) is 16.3. The molecule has 0 N–H and O–H groups in total. The van der Waals surface area contributed by atoms with Crippen molar-refractivity contribution in [3.05, 3.63) is 218 Å². The lowest BCUT2D eigenvalue weighted by Gasteiger charge is -2.27. The van der Waals surface area contributed by atoms with Crippen molar-refractivity contribution in [3.63, 3.8) is 0 Å². The molecule has 0 aliphatic heterocycles. The zero-order chi connectivity index (χ0) is 38.9. The number of hydrogen-bond acceptors (Lipinski definition) is 2. The number of thiophene rings is 1. The molecule has 0 unspecified atom stereocenters. The molecule has 3 heteroatoms. The number of nitrogens with zero attached hydrogens (tertiary/aromatic N) is 2. The quantitative estimate of drug-likeness (QED) is 0.164. The van der Waals surface area contributed by atoms with Crippen molar-refractivity contribution in [2.75, 3.05) is 4.90 Å². The van der Waals surface area contributed by atoms with Gasteiger partial charge in [0.05, 0.1) is 16.7 Å². The van der Waals surface area contributed by atoms with Gasteiger partial charge in [-0.05, 0) is 87.6 Å². The SMILES string of the molecule is c1ccc(-n2c3cc(-c4ccc(N(c5ccc(-c6cccc7c6sc6ccccc67)cc5)c5cccc6ccccc56)cc4)ccc3c3ccc4ccccc4c32)cc1. The van der Waals surface area contributed by atoms with Gasteiger partial charge in [0.1, 0.15) is 0 Å². The number of benzene rings is 10. The van der Waals surface area contributed by atoms with Crippen LogP contribution in [0.25, 0.3) is 91.5 Å². The Balaban J connectivity index is 0.978. The fraction of sp³-hybridized carbons (Fsp3) is 0. The van der Waals surface area contributed by atoms with Crippen LogP contribution in [-0.2, 0) is 0 Å². The predicted molar refractivity (Wildman–Crippen MR) is 254 cm³/mol. The van der Waals surface area contributed by atoms with Crippen LogP contribution >= 0.6 is 11.3 Å². The summed E-state index contributed by atoms with van der Waals surface area (Å²) < 4.78 is 5.10. The second kappa shape index (κ2) is 13.6. The molecule has 59 heavy (non-hydrogen) atoms. The molecule has 10 aromatic carbocycles. The highest BCUT2D eigenvalue weighted by atomic mass is 32.1. The van der Waals surface area contributed by atoms with Crippen molar-refractivity contribution in [2.24, 2.45) is 0 Å². The Kier molecular flexibility index (Phi) is 7.75. The van der Waals surface area contributed by atoms with Crippen molar-refractivity contribution < 1.29 is 0 Å². The summed E-state index contributed by atoms with van der Waals surface area (Å²) in [7, 11) is 0. The van der Waals surface area contributed by atoms with Crippen molar-refractivity contribution in [1.82, 2.24) is 4.57 Å². The van der Waals surface area contributed by atoms with Crippen LogP contribution in [0, 0.1) is 0 Å². The van der Waals surface area contributed by atoms with Gasteiger partial charge in [0.2, 0.25) is 0 Å². The fourth-order valence-electron chi connectivity index (χ4n) is 9.20. The summed E-state index contributed by atoms with van der Waals surface area (Å²) in [6.07, 6.45) is 0. The molecule has 0 spiro atoms. The first kappa shape index (κ1) is 33.7. The lowest BCUT2D eigenvalue weighted by Crippen LogP contribution is -2.10. The van der Waals surface area contributed by atoms with E-state index < -0.39 is 0 Å². The summed E-state index contributed by atoms with van der Waals surface area (Å²) in [5, 5.41) is 10.1. The topological polar surface area (TPSA) is 8.17 Å². The standard InChI is InChI=1S/C56H36N2S/c1-2-15-42(16-3-1)58-53-36-41(29-34-48(53)50-35-28-39-13-5-7-18-46(39)55(50)58)37-24-30-43(31-25-37)57(52-22-10-14-38-12-4-6-17-45(38)52)44-32-26-40(27-33-44)47-20-11-21-51-49-19-8-9-23-54(49)59-56(47)51/h1-36H. The summed E-state index contributed by atoms with van der Waals surface area (Å²) in [6, 6.07) is 79.9. The van der Waals surface area contributed by atoms with E-state index in [4.69, 9.17) is 0 Å². The van der Waals surface area contributed by atoms with Crippen molar-refractivity contribution in [1.29, 1.82) is 0 Å². The van der Waals surface area contributed by atoms with Gasteiger partial charge in [0.25, 0.3) is 0 Å². The van der Waals surface area contributed by atoms with Crippen molar-refractivity contribution in [2.45, 2.75) is 0 Å². The third-order valence-corrected chi connectivity index (χ3v) is 13.2. The van der Waals surface area contributed by atoms with Crippen LogP contribution < -0.4 is 4.90 Å². The second-order valence-electron chi connectivity index (χ2n) is 15.3. The molecule has 0 bridgehead atoms. The molecular formula is C56H36N2S. The number of fused-ring (bicyclic) bond motifs is 9. The second-order valence-corrected chi connectivity index (χ2v) is 16.3. The Hall–Kier alpha value is -7.46. The molecule has 12 rings (SSSR count). The number of aromatic nitrogens is 1. The smallest absolute Gasteiger partial charge is 0.0619 e. The van der Waals surface area contributed by atoms with E-state index in [1.54, 1.807) is 0 Å². The average Bonchev–Trinajstić information content (AvgIpc) is 3.86. The third-order valence-electron chi connectivity index (χ3n) is 12.0. The molecule has 12 aromatic rings. The highest BCUT2D eigenvalue weighted by Gasteiger charge is 2.19. The molecule has 0 radical (unpaired) electrons. The monoisotopic (exact) mass is 768 g/mol. The van der Waals surface area contributed by atoms with Gasteiger partial charge in [0.15, 0.2) is 0 Å². The average molecular weight is 769 g/mol. The first-order chi connectivity index (χ1) is 29.3. The maximum atomic E-state index is 2.44. The zero-order valence-corrected chi connectivity index (χ0v) is 32.9. The van der Waals surface area contributed by atoms with Gasteiger partial charge in [-0.25, -0.2) is 0 Å². The molecule has 2 heterocycles. The normalized spacial score (nSPS) is 11.7. The minimum atomic E-state index is 1.11. The molecule has 276 valence electrons. The van der Waals surface area contributed by atoms with Crippen LogP contribution in [0.4, 0.5) is 17.1 Å². The Bertz CT molecular complexity index is 3540. The molecule has 2 nitrogen and oxygen atoms in total. The molecule has 0 fully saturated rings. The molecule has 0 aliphatic rings. The number of para-hydroxylation sites is 1. The van der Waals surface area contributed by atoms with Crippen molar-refractivity contribution in [3.8, 4) is 27.9 Å². The van der Waals surface area contributed by atoms with Gasteiger partial charge in [-0.15, -0.1) is 11.3 Å². The number of anilines is 3. The summed E-state index contributed by atoms with van der Waals surface area (Å²) in [4.78, 5) is 2.40. The minimum Gasteiger partial charge on any atom is -0.310 e. The van der Waals surface area contributed by atoms with E-state index >= 15 is 0 Å². The highest BCUT2D eigenvalue weighted by molar-refractivity contribution is 7.26. The largest absolute Gasteiger partial charge is 0.310 e. The van der Waals surface area contributed by atoms with E-state index in [9.17, 15) is 0 Å². The Morgan fingerprint density at radius 2 is 0.966 bits per heavy atom.